The Balaban J connectivity index is 1.90. The van der Waals surface area contributed by atoms with Crippen LogP contribution in [0.15, 0.2) is 84.3 Å². The minimum Gasteiger partial charge on any atom is -0.465 e. The van der Waals surface area contributed by atoms with E-state index in [0.29, 0.717) is 11.3 Å². The van der Waals surface area contributed by atoms with Gasteiger partial charge in [0, 0.05) is 10.6 Å². The molecule has 10 heteroatoms. The average Bonchev–Trinajstić information content (AvgIpc) is 3.18. The van der Waals surface area contributed by atoms with E-state index in [4.69, 9.17) is 4.74 Å². The number of aryl methyl sites for hydroxylation is 1. The third-order valence-electron chi connectivity index (χ3n) is 6.91. The minimum absolute atomic E-state index is 0.0301. The van der Waals surface area contributed by atoms with Crippen LogP contribution in [0.5, 0.6) is 0 Å². The lowest BCUT2D eigenvalue weighted by atomic mass is 9.70. The zero-order valence-corrected chi connectivity index (χ0v) is 20.4. The number of esters is 1. The first-order chi connectivity index (χ1) is 17.2. The van der Waals surface area contributed by atoms with Crippen LogP contribution in [-0.2, 0) is 20.3 Å². The predicted octanol–water partition coefficient (Wildman–Crippen LogP) is 4.18. The number of hydrogen-bond donors (Lipinski definition) is 1. The first kappa shape index (κ1) is 23.6. The molecule has 5 rings (SSSR count). The molecular weight excluding hydrogens is 482 g/mol. The quantitative estimate of drug-likeness (QED) is 0.239. The number of carbonyl (C=O) groups excluding carboxylic acids is 1. The van der Waals surface area contributed by atoms with Gasteiger partial charge in [-0.15, -0.1) is 6.58 Å². The van der Waals surface area contributed by atoms with Gasteiger partial charge in [0.15, 0.2) is 6.17 Å². The molecular formula is C26H23N3O6S. The van der Waals surface area contributed by atoms with Gasteiger partial charge in [0.2, 0.25) is 0 Å². The van der Waals surface area contributed by atoms with E-state index in [1.54, 1.807) is 36.4 Å². The summed E-state index contributed by atoms with van der Waals surface area (Å²) in [6.45, 7) is 5.71. The van der Waals surface area contributed by atoms with Gasteiger partial charge in [0.1, 0.15) is 0 Å². The van der Waals surface area contributed by atoms with Gasteiger partial charge in [-0.2, -0.15) is 0 Å². The van der Waals surface area contributed by atoms with Crippen LogP contribution >= 0.6 is 0 Å². The van der Waals surface area contributed by atoms with Crippen LogP contribution in [0.4, 0.5) is 11.4 Å². The van der Waals surface area contributed by atoms with Gasteiger partial charge in [-0.05, 0) is 42.8 Å². The number of fused-ring (bicyclic) bond motifs is 4. The van der Waals surface area contributed by atoms with Crippen LogP contribution in [0.1, 0.15) is 33.0 Å². The van der Waals surface area contributed by atoms with Crippen molar-refractivity contribution in [1.29, 1.82) is 0 Å². The molecule has 0 aliphatic carbocycles. The Morgan fingerprint density at radius 3 is 2.47 bits per heavy atom. The largest absolute Gasteiger partial charge is 0.465 e. The highest BCUT2D eigenvalue weighted by atomic mass is 32.2. The number of hydrogen-bond acceptors (Lipinski definition) is 7. The molecule has 0 bridgehead atoms. The van der Waals surface area contributed by atoms with Crippen molar-refractivity contribution < 1.29 is 22.9 Å². The van der Waals surface area contributed by atoms with Crippen LogP contribution in [0, 0.1) is 17.0 Å². The lowest BCUT2D eigenvalue weighted by Gasteiger charge is -2.41. The molecule has 3 aromatic rings. The third-order valence-corrected chi connectivity index (χ3v) is 8.71. The Morgan fingerprint density at radius 2 is 1.83 bits per heavy atom. The summed E-state index contributed by atoms with van der Waals surface area (Å²) >= 11 is 0. The summed E-state index contributed by atoms with van der Waals surface area (Å²) < 4.78 is 34.2. The molecule has 2 aliphatic heterocycles. The molecule has 1 N–H and O–H groups in total. The number of nitro groups is 1. The highest BCUT2D eigenvalue weighted by molar-refractivity contribution is 7.93. The zero-order valence-electron chi connectivity index (χ0n) is 19.5. The first-order valence-corrected chi connectivity index (χ1v) is 12.6. The van der Waals surface area contributed by atoms with Crippen molar-refractivity contribution in [3.05, 3.63) is 112 Å². The summed E-state index contributed by atoms with van der Waals surface area (Å²) in [6, 6.07) is 17.6. The van der Waals surface area contributed by atoms with Gasteiger partial charge in [0.05, 0.1) is 34.7 Å². The molecule has 184 valence electrons. The summed E-state index contributed by atoms with van der Waals surface area (Å²) in [5.74, 6) is -1.76. The monoisotopic (exact) mass is 505 g/mol. The molecule has 0 amide bonds. The number of ether oxygens (including phenoxy) is 1. The van der Waals surface area contributed by atoms with Crippen LogP contribution in [0.2, 0.25) is 0 Å². The van der Waals surface area contributed by atoms with Crippen molar-refractivity contribution in [3.63, 3.8) is 0 Å². The number of carbonyl (C=O) groups is 1. The molecule has 3 aromatic carbocycles. The molecule has 0 radical (unpaired) electrons. The molecule has 2 aliphatic rings. The highest BCUT2D eigenvalue weighted by Crippen LogP contribution is 2.59. The maximum atomic E-state index is 14.1. The molecule has 36 heavy (non-hydrogen) atoms. The number of sulfonamides is 1. The van der Waals surface area contributed by atoms with Crippen molar-refractivity contribution in [2.45, 2.75) is 29.4 Å². The number of methoxy groups -OCH3 is 1. The number of benzene rings is 3. The van der Waals surface area contributed by atoms with Gasteiger partial charge in [-0.3, -0.25) is 10.1 Å². The molecule has 2 heterocycles. The van der Waals surface area contributed by atoms with Crippen LogP contribution in [0.25, 0.3) is 0 Å². The van der Waals surface area contributed by atoms with Crippen molar-refractivity contribution in [1.82, 2.24) is 0 Å². The van der Waals surface area contributed by atoms with Crippen LogP contribution in [-0.4, -0.2) is 32.6 Å². The van der Waals surface area contributed by atoms with E-state index in [0.717, 1.165) is 9.87 Å². The lowest BCUT2D eigenvalue weighted by Crippen LogP contribution is -2.60. The van der Waals surface area contributed by atoms with Gasteiger partial charge >= 0.3 is 5.97 Å². The molecule has 0 fully saturated rings. The first-order valence-electron chi connectivity index (χ1n) is 11.1. The summed E-state index contributed by atoms with van der Waals surface area (Å²) in [4.78, 5) is 25.5. The Bertz CT molecular complexity index is 1520. The Hall–Kier alpha value is -4.18. The van der Waals surface area contributed by atoms with Gasteiger partial charge < -0.3 is 10.1 Å². The van der Waals surface area contributed by atoms with Crippen molar-refractivity contribution in [2.75, 3.05) is 16.7 Å². The topological polar surface area (TPSA) is 119 Å². The van der Waals surface area contributed by atoms with E-state index >= 15 is 0 Å². The molecule has 3 atom stereocenters. The second-order valence-corrected chi connectivity index (χ2v) is 10.6. The number of nitrogens with zero attached hydrogens (tertiary/aromatic N) is 2. The maximum Gasteiger partial charge on any atom is 0.338 e. The molecule has 0 saturated heterocycles. The van der Waals surface area contributed by atoms with E-state index < -0.39 is 38.5 Å². The second-order valence-electron chi connectivity index (χ2n) is 8.74. The van der Waals surface area contributed by atoms with Gasteiger partial charge in [-0.1, -0.05) is 48.0 Å². The summed E-state index contributed by atoms with van der Waals surface area (Å²) in [5, 5.41) is 16.3. The summed E-state index contributed by atoms with van der Waals surface area (Å²) in [7, 11) is -3.14. The third kappa shape index (κ3) is 3.00. The lowest BCUT2D eigenvalue weighted by molar-refractivity contribution is -0.583. The van der Waals surface area contributed by atoms with E-state index in [1.807, 2.05) is 6.92 Å². The number of nitrogens with one attached hydrogen (secondary N) is 1. The summed E-state index contributed by atoms with van der Waals surface area (Å²) in [5.41, 5.74) is -0.205. The predicted molar refractivity (Wildman–Crippen MR) is 134 cm³/mol. The van der Waals surface area contributed by atoms with Crippen molar-refractivity contribution in [3.8, 4) is 0 Å². The van der Waals surface area contributed by atoms with E-state index in [2.05, 4.69) is 11.9 Å². The number of para-hydroxylation sites is 1. The smallest absolute Gasteiger partial charge is 0.338 e. The van der Waals surface area contributed by atoms with Crippen LogP contribution < -0.4 is 9.62 Å². The SMILES string of the molecule is C=C[C@@H]1c2ccccc2N[C@@H]2N(S(=O)(=O)c3ccc(C)cc3)c3cccc(C(=O)OC)c3[C@]12[N+](=O)[O-]. The number of rotatable bonds is 5. The van der Waals surface area contributed by atoms with Gasteiger partial charge in [-0.25, -0.2) is 17.5 Å². The highest BCUT2D eigenvalue weighted by Gasteiger charge is 2.71. The molecule has 9 nitrogen and oxygen atoms in total. The van der Waals surface area contributed by atoms with Crippen LogP contribution in [0.3, 0.4) is 0 Å². The zero-order chi connectivity index (χ0) is 25.8. The Kier molecular flexibility index (Phi) is 5.36. The molecule has 0 unspecified atom stereocenters. The average molecular weight is 506 g/mol. The Labute approximate surface area is 208 Å². The normalized spacial score (nSPS) is 22.0. The fourth-order valence-electron chi connectivity index (χ4n) is 5.36. The fraction of sp³-hybridized carbons (Fsp3) is 0.192. The Morgan fingerprint density at radius 1 is 1.14 bits per heavy atom. The van der Waals surface area contributed by atoms with E-state index in [9.17, 15) is 23.3 Å². The van der Waals surface area contributed by atoms with E-state index in [-0.39, 0.29) is 21.7 Å². The maximum absolute atomic E-state index is 14.1. The van der Waals surface area contributed by atoms with Crippen molar-refractivity contribution in [2.24, 2.45) is 0 Å². The summed E-state index contributed by atoms with van der Waals surface area (Å²) in [6.07, 6.45) is 0.0486. The second kappa shape index (κ2) is 8.20. The minimum atomic E-state index is -4.31. The molecule has 0 aromatic heterocycles. The fourth-order valence-corrected chi connectivity index (χ4v) is 6.97. The molecule has 0 spiro atoms. The molecule has 0 saturated carbocycles. The standard InChI is InChI=1S/C26H23N3O6S/c1-4-20-18-8-5-6-10-21(18)27-25-26(20,29(31)32)23-19(24(30)35-3)9-7-11-22(23)28(25)36(33,34)17-14-12-16(2)13-15-17/h4-15,20,25,27H,1H2,2-3H3/t20-,25-,26-/m1/s1. The van der Waals surface area contributed by atoms with E-state index in [1.165, 1.54) is 43.5 Å². The van der Waals surface area contributed by atoms with Crippen molar-refractivity contribution >= 4 is 27.4 Å². The number of anilines is 2. The van der Waals surface area contributed by atoms with Gasteiger partial charge in [0.25, 0.3) is 15.6 Å².